The highest BCUT2D eigenvalue weighted by Crippen LogP contribution is 2.37. The SMILES string of the molecule is NC[C@@H](N)c1c(Cl)cccc1C(F)(F)F. The summed E-state index contributed by atoms with van der Waals surface area (Å²) in [5.41, 5.74) is 9.75. The van der Waals surface area contributed by atoms with Crippen LogP contribution in [-0.2, 0) is 6.18 Å². The minimum atomic E-state index is -4.47. The zero-order valence-electron chi connectivity index (χ0n) is 7.68. The van der Waals surface area contributed by atoms with Crippen LogP contribution in [0.2, 0.25) is 5.02 Å². The van der Waals surface area contributed by atoms with Gasteiger partial charge in [-0.3, -0.25) is 0 Å². The van der Waals surface area contributed by atoms with Gasteiger partial charge in [-0.15, -0.1) is 0 Å². The van der Waals surface area contributed by atoms with Crippen LogP contribution in [0.1, 0.15) is 17.2 Å². The van der Waals surface area contributed by atoms with Crippen molar-refractivity contribution in [1.29, 1.82) is 0 Å². The predicted octanol–water partition coefficient (Wildman–Crippen LogP) is 2.32. The summed E-state index contributed by atoms with van der Waals surface area (Å²) in [6, 6.07) is 2.63. The van der Waals surface area contributed by atoms with Gasteiger partial charge >= 0.3 is 6.18 Å². The maximum absolute atomic E-state index is 12.6. The Morgan fingerprint density at radius 1 is 1.33 bits per heavy atom. The summed E-state index contributed by atoms with van der Waals surface area (Å²) in [6.07, 6.45) is -4.47. The average Bonchev–Trinajstić information content (AvgIpc) is 2.15. The molecule has 0 aliphatic rings. The first kappa shape index (κ1) is 12.3. The molecule has 0 unspecified atom stereocenters. The van der Waals surface area contributed by atoms with Gasteiger partial charge < -0.3 is 11.5 Å². The molecule has 1 aromatic carbocycles. The summed E-state index contributed by atoms with van der Waals surface area (Å²) in [5.74, 6) is 0. The predicted molar refractivity (Wildman–Crippen MR) is 52.4 cm³/mol. The highest BCUT2D eigenvalue weighted by atomic mass is 35.5. The van der Waals surface area contributed by atoms with Crippen LogP contribution < -0.4 is 11.5 Å². The molecule has 0 radical (unpaired) electrons. The summed E-state index contributed by atoms with van der Waals surface area (Å²) in [4.78, 5) is 0. The number of alkyl halides is 3. The normalized spacial score (nSPS) is 14.0. The maximum atomic E-state index is 12.6. The van der Waals surface area contributed by atoms with E-state index in [1.165, 1.54) is 12.1 Å². The second-order valence-electron chi connectivity index (χ2n) is 3.04. The molecule has 2 nitrogen and oxygen atoms in total. The Morgan fingerprint density at radius 2 is 1.93 bits per heavy atom. The minimum absolute atomic E-state index is 0.0113. The summed E-state index contributed by atoms with van der Waals surface area (Å²) < 4.78 is 37.7. The van der Waals surface area contributed by atoms with Gasteiger partial charge in [0.25, 0.3) is 0 Å². The number of nitrogens with two attached hydrogens (primary N) is 2. The fourth-order valence-corrected chi connectivity index (χ4v) is 1.59. The van der Waals surface area contributed by atoms with Crippen molar-refractivity contribution >= 4 is 11.6 Å². The third kappa shape index (κ3) is 2.62. The Kier molecular flexibility index (Phi) is 3.59. The largest absolute Gasteiger partial charge is 0.416 e. The molecule has 6 heteroatoms. The molecule has 1 atom stereocenters. The highest BCUT2D eigenvalue weighted by molar-refractivity contribution is 6.31. The van der Waals surface area contributed by atoms with Gasteiger partial charge in [0, 0.05) is 23.2 Å². The minimum Gasteiger partial charge on any atom is -0.329 e. The lowest BCUT2D eigenvalue weighted by Crippen LogP contribution is -2.24. The maximum Gasteiger partial charge on any atom is 0.416 e. The van der Waals surface area contributed by atoms with E-state index in [9.17, 15) is 13.2 Å². The van der Waals surface area contributed by atoms with E-state index in [0.717, 1.165) is 6.07 Å². The van der Waals surface area contributed by atoms with Crippen LogP contribution in [0.25, 0.3) is 0 Å². The topological polar surface area (TPSA) is 52.0 Å². The molecular formula is C9H10ClF3N2. The molecule has 0 spiro atoms. The monoisotopic (exact) mass is 238 g/mol. The summed E-state index contributed by atoms with van der Waals surface area (Å²) in [6.45, 7) is -0.0905. The first-order valence-electron chi connectivity index (χ1n) is 4.19. The molecule has 0 aliphatic carbocycles. The fraction of sp³-hybridized carbons (Fsp3) is 0.333. The second kappa shape index (κ2) is 4.38. The molecule has 0 heterocycles. The molecule has 0 aromatic heterocycles. The molecule has 84 valence electrons. The van der Waals surface area contributed by atoms with Gasteiger partial charge in [0.1, 0.15) is 0 Å². The van der Waals surface area contributed by atoms with Gasteiger partial charge in [-0.05, 0) is 12.1 Å². The number of hydrogen-bond donors (Lipinski definition) is 2. The molecule has 1 rings (SSSR count). The van der Waals surface area contributed by atoms with Crippen LogP contribution in [0.3, 0.4) is 0 Å². The van der Waals surface area contributed by atoms with Crippen molar-refractivity contribution in [3.8, 4) is 0 Å². The van der Waals surface area contributed by atoms with Crippen molar-refractivity contribution in [2.75, 3.05) is 6.54 Å². The van der Waals surface area contributed by atoms with E-state index in [1.807, 2.05) is 0 Å². The summed E-state index contributed by atoms with van der Waals surface area (Å²) >= 11 is 5.67. The molecule has 15 heavy (non-hydrogen) atoms. The molecule has 4 N–H and O–H groups in total. The zero-order chi connectivity index (χ0) is 11.6. The smallest absolute Gasteiger partial charge is 0.329 e. The van der Waals surface area contributed by atoms with Crippen LogP contribution in [0, 0.1) is 0 Å². The quantitative estimate of drug-likeness (QED) is 0.831. The van der Waals surface area contributed by atoms with Gasteiger partial charge in [-0.1, -0.05) is 17.7 Å². The van der Waals surface area contributed by atoms with E-state index in [2.05, 4.69) is 0 Å². The van der Waals surface area contributed by atoms with Crippen LogP contribution in [-0.4, -0.2) is 6.54 Å². The van der Waals surface area contributed by atoms with E-state index in [-0.39, 0.29) is 17.1 Å². The Balaban J connectivity index is 3.33. The van der Waals surface area contributed by atoms with Crippen molar-refractivity contribution in [3.63, 3.8) is 0 Å². The Labute approximate surface area is 90.0 Å². The van der Waals surface area contributed by atoms with Crippen molar-refractivity contribution in [3.05, 3.63) is 34.3 Å². The Bertz CT molecular complexity index is 352. The van der Waals surface area contributed by atoms with E-state index in [4.69, 9.17) is 23.1 Å². The Morgan fingerprint density at radius 3 is 2.40 bits per heavy atom. The number of benzene rings is 1. The molecule has 0 amide bonds. The number of rotatable bonds is 2. The zero-order valence-corrected chi connectivity index (χ0v) is 8.44. The first-order valence-corrected chi connectivity index (χ1v) is 4.57. The lowest BCUT2D eigenvalue weighted by Gasteiger charge is -2.18. The first-order chi connectivity index (χ1) is 6.88. The molecule has 0 saturated heterocycles. The Hall–Kier alpha value is -0.780. The van der Waals surface area contributed by atoms with Crippen LogP contribution >= 0.6 is 11.6 Å². The molecule has 0 bridgehead atoms. The standard InChI is InChI=1S/C9H10ClF3N2/c10-6-3-1-2-5(9(11,12)13)8(6)7(15)4-14/h1-3,7H,4,14-15H2/t7-/m1/s1. The lowest BCUT2D eigenvalue weighted by molar-refractivity contribution is -0.138. The average molecular weight is 239 g/mol. The van der Waals surface area contributed by atoms with Crippen molar-refractivity contribution in [2.24, 2.45) is 11.5 Å². The lowest BCUT2D eigenvalue weighted by atomic mass is 10.0. The molecular weight excluding hydrogens is 229 g/mol. The van der Waals surface area contributed by atoms with Gasteiger partial charge in [0.15, 0.2) is 0 Å². The van der Waals surface area contributed by atoms with Crippen molar-refractivity contribution in [1.82, 2.24) is 0 Å². The summed E-state index contributed by atoms with van der Waals surface area (Å²) in [7, 11) is 0. The van der Waals surface area contributed by atoms with Gasteiger partial charge in [-0.25, -0.2) is 0 Å². The second-order valence-corrected chi connectivity index (χ2v) is 3.45. The van der Waals surface area contributed by atoms with E-state index >= 15 is 0 Å². The van der Waals surface area contributed by atoms with Crippen LogP contribution in [0.4, 0.5) is 13.2 Å². The van der Waals surface area contributed by atoms with Crippen LogP contribution in [0.5, 0.6) is 0 Å². The van der Waals surface area contributed by atoms with Crippen LogP contribution in [0.15, 0.2) is 18.2 Å². The van der Waals surface area contributed by atoms with E-state index < -0.39 is 17.8 Å². The summed E-state index contributed by atoms with van der Waals surface area (Å²) in [5, 5.41) is -0.0113. The molecule has 0 fully saturated rings. The highest BCUT2D eigenvalue weighted by Gasteiger charge is 2.35. The van der Waals surface area contributed by atoms with Gasteiger partial charge in [0.2, 0.25) is 0 Å². The molecule has 0 aliphatic heterocycles. The molecule has 1 aromatic rings. The molecule has 0 saturated carbocycles. The van der Waals surface area contributed by atoms with Gasteiger partial charge in [-0.2, -0.15) is 13.2 Å². The van der Waals surface area contributed by atoms with E-state index in [0.29, 0.717) is 0 Å². The number of halogens is 4. The third-order valence-corrected chi connectivity index (χ3v) is 2.31. The van der Waals surface area contributed by atoms with Crippen molar-refractivity contribution < 1.29 is 13.2 Å². The van der Waals surface area contributed by atoms with Gasteiger partial charge in [0.05, 0.1) is 5.56 Å². The van der Waals surface area contributed by atoms with E-state index in [1.54, 1.807) is 0 Å². The number of hydrogen-bond acceptors (Lipinski definition) is 2. The van der Waals surface area contributed by atoms with Crippen molar-refractivity contribution in [2.45, 2.75) is 12.2 Å². The third-order valence-electron chi connectivity index (χ3n) is 1.98. The fourth-order valence-electron chi connectivity index (χ4n) is 1.28.